The van der Waals surface area contributed by atoms with Gasteiger partial charge in [-0.3, -0.25) is 9.59 Å². The van der Waals surface area contributed by atoms with Gasteiger partial charge in [-0.15, -0.1) is 0 Å². The predicted octanol–water partition coefficient (Wildman–Crippen LogP) is 1.97. The van der Waals surface area contributed by atoms with Crippen LogP contribution in [-0.2, 0) is 19.2 Å². The van der Waals surface area contributed by atoms with E-state index in [1.807, 2.05) is 27.7 Å². The van der Waals surface area contributed by atoms with Crippen LogP contribution in [-0.4, -0.2) is 42.5 Å². The van der Waals surface area contributed by atoms with Crippen LogP contribution in [0.25, 0.3) is 0 Å². The molecule has 0 fully saturated rings. The fourth-order valence-corrected chi connectivity index (χ4v) is 2.40. The lowest BCUT2D eigenvalue weighted by Gasteiger charge is -2.22. The molecule has 0 unspecified atom stereocenters. The van der Waals surface area contributed by atoms with Crippen LogP contribution in [0.4, 0.5) is 0 Å². The van der Waals surface area contributed by atoms with E-state index < -0.39 is 12.1 Å². The molecule has 0 saturated carbocycles. The molecule has 2 amide bonds. The van der Waals surface area contributed by atoms with E-state index in [1.165, 1.54) is 6.92 Å². The number of hydrogen-bond acceptors (Lipinski definition) is 5. The summed E-state index contributed by atoms with van der Waals surface area (Å²) in [5.74, 6) is 0.0659. The molecule has 0 aliphatic heterocycles. The summed E-state index contributed by atoms with van der Waals surface area (Å²) < 4.78 is 0. The normalized spacial score (nSPS) is 13.8. The molecule has 158 valence electrons. The Bertz CT molecular complexity index is 439. The smallest absolute Gasteiger partial charge is 0.243 e. The van der Waals surface area contributed by atoms with Crippen LogP contribution in [0.15, 0.2) is 0 Å². The van der Waals surface area contributed by atoms with E-state index in [-0.39, 0.29) is 23.8 Å². The summed E-state index contributed by atoms with van der Waals surface area (Å²) in [6.07, 6.45) is 5.71. The molecule has 0 aromatic carbocycles. The number of aldehydes is 2. The summed E-state index contributed by atoms with van der Waals surface area (Å²) in [5.41, 5.74) is 5.29. The molecule has 7 nitrogen and oxygen atoms in total. The SMILES string of the molecule is CC(=O)N[C@@H](CC(C)C)C(=O)N[C@H](C=O)CC(C)C.CCCC[C@H](N)C=O. The topological polar surface area (TPSA) is 118 Å². The molecule has 27 heavy (non-hydrogen) atoms. The average molecular weight is 386 g/mol. The lowest BCUT2D eigenvalue weighted by molar-refractivity contribution is -0.129. The van der Waals surface area contributed by atoms with E-state index >= 15 is 0 Å². The standard InChI is InChI=1S/C14H26N2O3.C6H13NO/c1-9(2)6-12(8-17)16-14(19)13(7-10(3)4)15-11(5)18;1-2-3-4-6(7)5-8/h8-10,12-13H,6-7H2,1-5H3,(H,15,18)(H,16,19);5-6H,2-4,7H2,1H3/t12-,13-;6-/m00/s1. The average Bonchev–Trinajstić information content (AvgIpc) is 2.57. The van der Waals surface area contributed by atoms with Gasteiger partial charge in [0.25, 0.3) is 0 Å². The zero-order chi connectivity index (χ0) is 21.4. The van der Waals surface area contributed by atoms with Crippen molar-refractivity contribution < 1.29 is 19.2 Å². The van der Waals surface area contributed by atoms with Crippen LogP contribution in [0, 0.1) is 11.8 Å². The van der Waals surface area contributed by atoms with Crippen molar-refractivity contribution in [3.05, 3.63) is 0 Å². The van der Waals surface area contributed by atoms with Gasteiger partial charge >= 0.3 is 0 Å². The maximum absolute atomic E-state index is 12.1. The van der Waals surface area contributed by atoms with Crippen LogP contribution in [0.2, 0.25) is 0 Å². The first-order valence-electron chi connectivity index (χ1n) is 9.80. The molecule has 0 saturated heterocycles. The Morgan fingerprint density at radius 3 is 1.89 bits per heavy atom. The van der Waals surface area contributed by atoms with Crippen molar-refractivity contribution in [3.63, 3.8) is 0 Å². The number of nitrogens with two attached hydrogens (primary N) is 1. The van der Waals surface area contributed by atoms with Gasteiger partial charge in [0, 0.05) is 6.92 Å². The van der Waals surface area contributed by atoms with Crippen LogP contribution in [0.5, 0.6) is 0 Å². The molecule has 0 spiro atoms. The Kier molecular flexibility index (Phi) is 16.7. The third-order valence-corrected chi connectivity index (χ3v) is 3.68. The third-order valence-electron chi connectivity index (χ3n) is 3.68. The number of nitrogens with one attached hydrogen (secondary N) is 2. The van der Waals surface area contributed by atoms with Crippen LogP contribution in [0.1, 0.15) is 73.6 Å². The maximum Gasteiger partial charge on any atom is 0.243 e. The molecule has 0 radical (unpaired) electrons. The highest BCUT2D eigenvalue weighted by atomic mass is 16.2. The first-order valence-corrected chi connectivity index (χ1v) is 9.80. The molecule has 0 bridgehead atoms. The molecule has 0 rings (SSSR count). The first-order chi connectivity index (χ1) is 12.6. The summed E-state index contributed by atoms with van der Waals surface area (Å²) in [6, 6.07) is -1.29. The Hall–Kier alpha value is -1.76. The maximum atomic E-state index is 12.1. The highest BCUT2D eigenvalue weighted by molar-refractivity contribution is 5.88. The number of hydrogen-bond donors (Lipinski definition) is 3. The Labute approximate surface area is 164 Å². The van der Waals surface area contributed by atoms with Gasteiger partial charge in [0.1, 0.15) is 18.6 Å². The van der Waals surface area contributed by atoms with E-state index in [1.54, 1.807) is 0 Å². The van der Waals surface area contributed by atoms with Crippen molar-refractivity contribution >= 4 is 24.4 Å². The largest absolute Gasteiger partial charge is 0.345 e. The highest BCUT2D eigenvalue weighted by Gasteiger charge is 2.23. The van der Waals surface area contributed by atoms with Gasteiger partial charge in [-0.2, -0.15) is 0 Å². The zero-order valence-electron chi connectivity index (χ0n) is 17.8. The molecule has 0 aromatic heterocycles. The first kappa shape index (κ1) is 27.5. The summed E-state index contributed by atoms with van der Waals surface area (Å²) >= 11 is 0. The minimum atomic E-state index is -0.577. The fourth-order valence-electron chi connectivity index (χ4n) is 2.40. The number of rotatable bonds is 12. The van der Waals surface area contributed by atoms with Gasteiger partial charge in [-0.1, -0.05) is 47.5 Å². The Morgan fingerprint density at radius 1 is 0.963 bits per heavy atom. The monoisotopic (exact) mass is 385 g/mol. The van der Waals surface area contributed by atoms with Crippen molar-refractivity contribution in [2.24, 2.45) is 17.6 Å². The summed E-state index contributed by atoms with van der Waals surface area (Å²) in [4.78, 5) is 44.0. The predicted molar refractivity (Wildman–Crippen MR) is 108 cm³/mol. The molecular weight excluding hydrogens is 346 g/mol. The van der Waals surface area contributed by atoms with Crippen molar-refractivity contribution in [1.82, 2.24) is 10.6 Å². The zero-order valence-corrected chi connectivity index (χ0v) is 17.8. The minimum Gasteiger partial charge on any atom is -0.345 e. The second-order valence-electron chi connectivity index (χ2n) is 7.71. The molecular formula is C20H39N3O4. The summed E-state index contributed by atoms with van der Waals surface area (Å²) in [6.45, 7) is 11.4. The molecule has 3 atom stereocenters. The van der Waals surface area contributed by atoms with Crippen molar-refractivity contribution in [1.29, 1.82) is 0 Å². The van der Waals surface area contributed by atoms with Gasteiger partial charge in [-0.05, 0) is 31.1 Å². The second kappa shape index (κ2) is 16.4. The third kappa shape index (κ3) is 17.4. The van der Waals surface area contributed by atoms with Gasteiger partial charge in [0.2, 0.25) is 11.8 Å². The fraction of sp³-hybridized carbons (Fsp3) is 0.800. The van der Waals surface area contributed by atoms with Gasteiger partial charge < -0.3 is 26.0 Å². The van der Waals surface area contributed by atoms with Gasteiger partial charge in [0.15, 0.2) is 0 Å². The Balaban J connectivity index is 0. The van der Waals surface area contributed by atoms with Crippen LogP contribution in [0.3, 0.4) is 0 Å². The van der Waals surface area contributed by atoms with Crippen molar-refractivity contribution in [3.8, 4) is 0 Å². The molecule has 0 aliphatic carbocycles. The van der Waals surface area contributed by atoms with E-state index in [9.17, 15) is 19.2 Å². The lowest BCUT2D eigenvalue weighted by atomic mass is 10.0. The van der Waals surface area contributed by atoms with E-state index in [2.05, 4.69) is 17.6 Å². The molecule has 7 heteroatoms. The highest BCUT2D eigenvalue weighted by Crippen LogP contribution is 2.07. The summed E-state index contributed by atoms with van der Waals surface area (Å²) in [7, 11) is 0. The van der Waals surface area contributed by atoms with Gasteiger partial charge in [-0.25, -0.2) is 0 Å². The number of amides is 2. The Morgan fingerprint density at radius 2 is 1.52 bits per heavy atom. The van der Waals surface area contributed by atoms with Crippen molar-refractivity contribution in [2.45, 2.75) is 91.8 Å². The number of unbranched alkanes of at least 4 members (excludes halogenated alkanes) is 1. The van der Waals surface area contributed by atoms with Crippen molar-refractivity contribution in [2.75, 3.05) is 0 Å². The number of carbonyl (C=O) groups excluding carboxylic acids is 4. The molecule has 0 heterocycles. The van der Waals surface area contributed by atoms with Gasteiger partial charge in [0.05, 0.1) is 12.1 Å². The van der Waals surface area contributed by atoms with E-state index in [0.29, 0.717) is 18.8 Å². The van der Waals surface area contributed by atoms with Crippen LogP contribution >= 0.6 is 0 Å². The lowest BCUT2D eigenvalue weighted by Crippen LogP contribution is -2.50. The second-order valence-corrected chi connectivity index (χ2v) is 7.71. The van der Waals surface area contributed by atoms with E-state index in [0.717, 1.165) is 31.8 Å². The quantitative estimate of drug-likeness (QED) is 0.444. The minimum absolute atomic E-state index is 0.227. The molecule has 0 aromatic rings. The van der Waals surface area contributed by atoms with Crippen LogP contribution < -0.4 is 16.4 Å². The van der Waals surface area contributed by atoms with E-state index in [4.69, 9.17) is 5.73 Å². The molecule has 0 aliphatic rings. The number of carbonyl (C=O) groups is 4. The summed E-state index contributed by atoms with van der Waals surface area (Å²) in [5, 5.41) is 5.31. The molecule has 4 N–H and O–H groups in total.